The maximum absolute atomic E-state index is 13.8. The molecule has 3 rings (SSSR count). The average molecular weight is 578 g/mol. The molecule has 1 amide bonds. The van der Waals surface area contributed by atoms with Gasteiger partial charge >= 0.3 is 11.9 Å². The third kappa shape index (κ3) is 9.94. The predicted molar refractivity (Wildman–Crippen MR) is 162 cm³/mol. The first-order chi connectivity index (χ1) is 18.8. The minimum atomic E-state index is -0.890. The third-order valence-electron chi connectivity index (χ3n) is 9.17. The molecule has 0 aromatic rings. The summed E-state index contributed by atoms with van der Waals surface area (Å²) in [6.45, 7) is 20.3. The molecule has 0 spiro atoms. The molecule has 2 saturated heterocycles. The number of piperidine rings is 2. The van der Waals surface area contributed by atoms with Crippen LogP contribution in [-0.2, 0) is 23.9 Å². The highest BCUT2D eigenvalue weighted by Crippen LogP contribution is 2.33. The first kappa shape index (κ1) is 33.8. The van der Waals surface area contributed by atoms with E-state index in [1.807, 2.05) is 0 Å². The van der Waals surface area contributed by atoms with E-state index in [1.165, 1.54) is 24.2 Å². The third-order valence-corrected chi connectivity index (χ3v) is 9.17. The summed E-state index contributed by atoms with van der Waals surface area (Å²) in [4.78, 5) is 42.4. The number of ether oxygens (including phenoxy) is 2. The fraction of sp³-hybridized carbons (Fsp3) is 0.909. The predicted octanol–water partition coefficient (Wildman–Crippen LogP) is 5.66. The summed E-state index contributed by atoms with van der Waals surface area (Å²) < 4.78 is 12.1. The highest BCUT2D eigenvalue weighted by Gasteiger charge is 2.43. The van der Waals surface area contributed by atoms with E-state index in [4.69, 9.17) is 9.47 Å². The summed E-state index contributed by atoms with van der Waals surface area (Å²) in [5.41, 5.74) is -0.726. The van der Waals surface area contributed by atoms with Crippen LogP contribution in [-0.4, -0.2) is 69.2 Å². The molecule has 8 nitrogen and oxygen atoms in total. The van der Waals surface area contributed by atoms with Gasteiger partial charge < -0.3 is 25.0 Å². The van der Waals surface area contributed by atoms with Gasteiger partial charge in [0, 0.05) is 54.3 Å². The summed E-state index contributed by atoms with van der Waals surface area (Å²) in [5.74, 6) is -0.574. The molecule has 3 fully saturated rings. The number of carbonyl (C=O) groups excluding carboxylic acids is 3. The number of carbonyl (C=O) groups is 3. The topological polar surface area (TPSA) is 97.0 Å². The van der Waals surface area contributed by atoms with Crippen molar-refractivity contribution in [1.82, 2.24) is 15.5 Å². The van der Waals surface area contributed by atoms with E-state index in [1.54, 1.807) is 13.8 Å². The number of esters is 2. The molecule has 2 unspecified atom stereocenters. The second kappa shape index (κ2) is 12.9. The molecule has 2 N–H and O–H groups in total. The van der Waals surface area contributed by atoms with Gasteiger partial charge in [0.15, 0.2) is 0 Å². The Morgan fingerprint density at radius 1 is 0.683 bits per heavy atom. The molecule has 236 valence electrons. The monoisotopic (exact) mass is 577 g/mol. The van der Waals surface area contributed by atoms with Crippen molar-refractivity contribution in [3.8, 4) is 0 Å². The number of amides is 1. The van der Waals surface area contributed by atoms with Crippen LogP contribution in [0, 0.1) is 5.92 Å². The standard InChI is InChI=1S/C33H59N3O5/c1-22(28(38)40-25-18-30(3,4)34-31(5,6)19-25)36(27(37)17-16-24-14-12-11-13-15-24)23(2)29(39)41-26-20-32(7,8)35-33(9,10)21-26/h22-26,34-35H,11-21H2,1-10H3. The van der Waals surface area contributed by atoms with Crippen LogP contribution in [0.4, 0.5) is 0 Å². The molecule has 3 aliphatic rings. The van der Waals surface area contributed by atoms with Gasteiger partial charge in [0.05, 0.1) is 0 Å². The molecule has 2 aliphatic heterocycles. The lowest BCUT2D eigenvalue weighted by molar-refractivity contribution is -0.171. The van der Waals surface area contributed by atoms with Gasteiger partial charge in [-0.25, -0.2) is 9.59 Å². The molecule has 8 heteroatoms. The van der Waals surface area contributed by atoms with Gasteiger partial charge in [-0.05, 0) is 81.6 Å². The second-order valence-electron chi connectivity index (χ2n) is 15.9. The zero-order valence-electron chi connectivity index (χ0n) is 27.7. The normalized spacial score (nSPS) is 26.0. The van der Waals surface area contributed by atoms with Crippen LogP contribution in [0.5, 0.6) is 0 Å². The summed E-state index contributed by atoms with van der Waals surface area (Å²) >= 11 is 0. The molecule has 2 atom stereocenters. The van der Waals surface area contributed by atoms with Crippen LogP contribution in [0.1, 0.15) is 140 Å². The molecule has 2 heterocycles. The second-order valence-corrected chi connectivity index (χ2v) is 15.9. The highest BCUT2D eigenvalue weighted by molar-refractivity contribution is 5.89. The number of hydrogen-bond acceptors (Lipinski definition) is 7. The zero-order valence-corrected chi connectivity index (χ0v) is 27.7. The van der Waals surface area contributed by atoms with Crippen molar-refractivity contribution in [2.75, 3.05) is 0 Å². The fourth-order valence-electron chi connectivity index (χ4n) is 8.08. The molecule has 0 bridgehead atoms. The van der Waals surface area contributed by atoms with E-state index in [0.717, 1.165) is 19.3 Å². The number of nitrogens with zero attached hydrogens (tertiary/aromatic N) is 1. The lowest BCUT2D eigenvalue weighted by Gasteiger charge is -2.46. The Morgan fingerprint density at radius 3 is 1.41 bits per heavy atom. The highest BCUT2D eigenvalue weighted by atomic mass is 16.6. The molecule has 1 aliphatic carbocycles. The van der Waals surface area contributed by atoms with Crippen LogP contribution in [0.3, 0.4) is 0 Å². The minimum absolute atomic E-state index is 0.179. The quantitative estimate of drug-likeness (QED) is 0.342. The molecule has 41 heavy (non-hydrogen) atoms. The molecule has 0 aromatic carbocycles. The van der Waals surface area contributed by atoms with Gasteiger partial charge in [-0.2, -0.15) is 0 Å². The summed E-state index contributed by atoms with van der Waals surface area (Å²) in [5, 5.41) is 7.23. The molecular weight excluding hydrogens is 518 g/mol. The number of nitrogens with one attached hydrogen (secondary N) is 2. The molecule has 0 aromatic heterocycles. The molecule has 0 radical (unpaired) electrons. The summed E-state index contributed by atoms with van der Waals surface area (Å²) in [6.07, 6.45) is 9.27. The summed E-state index contributed by atoms with van der Waals surface area (Å²) in [6, 6.07) is -1.78. The van der Waals surface area contributed by atoms with E-state index in [9.17, 15) is 14.4 Å². The van der Waals surface area contributed by atoms with Gasteiger partial charge in [0.1, 0.15) is 24.3 Å². The zero-order chi connectivity index (χ0) is 30.8. The van der Waals surface area contributed by atoms with Crippen molar-refractivity contribution in [3.63, 3.8) is 0 Å². The van der Waals surface area contributed by atoms with E-state index in [-0.39, 0.29) is 40.3 Å². The van der Waals surface area contributed by atoms with Crippen LogP contribution < -0.4 is 10.6 Å². The van der Waals surface area contributed by atoms with E-state index in [2.05, 4.69) is 66.0 Å². The Balaban J connectivity index is 1.75. The van der Waals surface area contributed by atoms with Crippen molar-refractivity contribution in [1.29, 1.82) is 0 Å². The van der Waals surface area contributed by atoms with Crippen molar-refractivity contribution in [3.05, 3.63) is 0 Å². The number of hydrogen-bond donors (Lipinski definition) is 2. The Labute approximate surface area is 249 Å². The van der Waals surface area contributed by atoms with E-state index >= 15 is 0 Å². The summed E-state index contributed by atoms with van der Waals surface area (Å²) in [7, 11) is 0. The fourth-order valence-corrected chi connectivity index (χ4v) is 8.08. The Bertz CT molecular complexity index is 847. The lowest BCUT2D eigenvalue weighted by atomic mass is 9.81. The van der Waals surface area contributed by atoms with Crippen molar-refractivity contribution in [2.45, 2.75) is 186 Å². The first-order valence-corrected chi connectivity index (χ1v) is 16.1. The van der Waals surface area contributed by atoms with Gasteiger partial charge in [-0.3, -0.25) is 4.79 Å². The van der Waals surface area contributed by atoms with Crippen LogP contribution >= 0.6 is 0 Å². The SMILES string of the molecule is CC(C(=O)OC1CC(C)(C)NC(C)(C)C1)N(C(=O)CCC1CCCCC1)C(C)C(=O)OC1CC(C)(C)NC(C)(C)C1. The molecular formula is C33H59N3O5. The minimum Gasteiger partial charge on any atom is -0.461 e. The van der Waals surface area contributed by atoms with Gasteiger partial charge in [-0.1, -0.05) is 32.1 Å². The Kier molecular flexibility index (Phi) is 10.6. The van der Waals surface area contributed by atoms with Crippen molar-refractivity contribution < 1.29 is 23.9 Å². The smallest absolute Gasteiger partial charge is 0.328 e. The van der Waals surface area contributed by atoms with E-state index < -0.39 is 24.0 Å². The van der Waals surface area contributed by atoms with Gasteiger partial charge in [0.2, 0.25) is 5.91 Å². The van der Waals surface area contributed by atoms with Gasteiger partial charge in [0.25, 0.3) is 0 Å². The Hall–Kier alpha value is -1.67. The van der Waals surface area contributed by atoms with Gasteiger partial charge in [-0.15, -0.1) is 0 Å². The Morgan fingerprint density at radius 2 is 1.05 bits per heavy atom. The average Bonchev–Trinajstić information content (AvgIpc) is 2.79. The maximum Gasteiger partial charge on any atom is 0.328 e. The van der Waals surface area contributed by atoms with Crippen LogP contribution in [0.25, 0.3) is 0 Å². The first-order valence-electron chi connectivity index (χ1n) is 16.1. The maximum atomic E-state index is 13.8. The van der Waals surface area contributed by atoms with Crippen LogP contribution in [0.2, 0.25) is 0 Å². The number of rotatable bonds is 9. The van der Waals surface area contributed by atoms with Crippen molar-refractivity contribution >= 4 is 17.8 Å². The largest absolute Gasteiger partial charge is 0.461 e. The lowest BCUT2D eigenvalue weighted by Crippen LogP contribution is -2.61. The molecule has 1 saturated carbocycles. The van der Waals surface area contributed by atoms with Crippen molar-refractivity contribution in [2.24, 2.45) is 5.92 Å². The van der Waals surface area contributed by atoms with E-state index in [0.29, 0.717) is 38.0 Å². The van der Waals surface area contributed by atoms with Crippen LogP contribution in [0.15, 0.2) is 0 Å².